The van der Waals surface area contributed by atoms with Gasteiger partial charge in [0.05, 0.1) is 0 Å². The minimum Gasteiger partial charge on any atom is -0.445 e. The summed E-state index contributed by atoms with van der Waals surface area (Å²) in [6.45, 7) is -0.136. The third-order valence-electron chi connectivity index (χ3n) is 4.56. The predicted molar refractivity (Wildman–Crippen MR) is 118 cm³/mol. The first-order valence-corrected chi connectivity index (χ1v) is 11.3. The van der Waals surface area contributed by atoms with E-state index in [1.54, 1.807) is 42.5 Å². The molecule has 35 heavy (non-hydrogen) atoms. The average molecular weight is 511 g/mol. The van der Waals surface area contributed by atoms with Crippen LogP contribution in [-0.4, -0.2) is 23.9 Å². The second kappa shape index (κ2) is 12.2. The summed E-state index contributed by atoms with van der Waals surface area (Å²) < 4.78 is 77.7. The van der Waals surface area contributed by atoms with Gasteiger partial charge in [0.2, 0.25) is 34.8 Å². The molecule has 0 radical (unpaired) electrons. The summed E-state index contributed by atoms with van der Waals surface area (Å²) in [5.41, 5.74) is 1.54. The lowest BCUT2D eigenvalue weighted by atomic mass is 10.2. The minimum absolute atomic E-state index is 0.136. The number of carbonyl (C=O) groups excluding carboxylic acids is 2. The van der Waals surface area contributed by atoms with E-state index < -0.39 is 52.9 Å². The first-order chi connectivity index (χ1) is 16.8. The number of ether oxygens (including phenoxy) is 2. The zero-order valence-electron chi connectivity index (χ0n) is 17.9. The fourth-order valence-corrected chi connectivity index (χ4v) is 3.79. The number of nitrogens with one attached hydrogen (secondary N) is 1. The molecule has 0 aliphatic carbocycles. The number of alkyl carbamates (subject to hydrolysis) is 1. The van der Waals surface area contributed by atoms with E-state index in [2.05, 4.69) is 10.1 Å². The van der Waals surface area contributed by atoms with Crippen molar-refractivity contribution in [2.45, 2.75) is 18.4 Å². The number of hydrogen-bond acceptors (Lipinski definition) is 5. The van der Waals surface area contributed by atoms with Gasteiger partial charge in [-0.3, -0.25) is 0 Å². The molecule has 184 valence electrons. The van der Waals surface area contributed by atoms with Crippen molar-refractivity contribution in [3.63, 3.8) is 0 Å². The Morgan fingerprint density at radius 1 is 0.771 bits per heavy atom. The van der Waals surface area contributed by atoms with Gasteiger partial charge in [-0.05, 0) is 11.1 Å². The van der Waals surface area contributed by atoms with Crippen LogP contribution in [0.2, 0.25) is 0 Å². The summed E-state index contributed by atoms with van der Waals surface area (Å²) in [4.78, 5) is 24.8. The average Bonchev–Trinajstić information content (AvgIpc) is 2.88. The molecule has 1 N–H and O–H groups in total. The summed E-state index contributed by atoms with van der Waals surface area (Å²) in [5.74, 6) is -14.5. The molecule has 3 rings (SSSR count). The lowest BCUT2D eigenvalue weighted by Crippen LogP contribution is -2.45. The van der Waals surface area contributed by atoms with Gasteiger partial charge in [-0.25, -0.2) is 22.8 Å². The fourth-order valence-electron chi connectivity index (χ4n) is 2.79. The van der Waals surface area contributed by atoms with E-state index in [0.29, 0.717) is 11.3 Å². The largest absolute Gasteiger partial charge is 0.445 e. The number of esters is 1. The van der Waals surface area contributed by atoms with Gasteiger partial charge in [0, 0.05) is 11.5 Å². The fraction of sp³-hybridized carbons (Fsp3) is 0.167. The zero-order valence-corrected chi connectivity index (χ0v) is 18.7. The Balaban J connectivity index is 1.72. The Morgan fingerprint density at radius 3 is 1.86 bits per heavy atom. The van der Waals surface area contributed by atoms with Gasteiger partial charge in [0.15, 0.2) is 0 Å². The third kappa shape index (κ3) is 6.95. The normalized spacial score (nSPS) is 11.6. The first-order valence-electron chi connectivity index (χ1n) is 10.1. The summed E-state index contributed by atoms with van der Waals surface area (Å²) >= 11 is 1.16. The highest BCUT2D eigenvalue weighted by atomic mass is 32.2. The predicted octanol–water partition coefficient (Wildman–Crippen LogP) is 5.52. The lowest BCUT2D eigenvalue weighted by Gasteiger charge is -2.18. The molecule has 0 saturated heterocycles. The number of halogens is 5. The molecule has 0 aliphatic heterocycles. The number of amides is 1. The maximum absolute atomic E-state index is 14.0. The van der Waals surface area contributed by atoms with Crippen molar-refractivity contribution in [2.24, 2.45) is 0 Å². The quantitative estimate of drug-likeness (QED) is 0.135. The van der Waals surface area contributed by atoms with E-state index in [9.17, 15) is 31.5 Å². The van der Waals surface area contributed by atoms with Crippen LogP contribution in [0, 0.1) is 29.1 Å². The highest BCUT2D eigenvalue weighted by Crippen LogP contribution is 2.29. The Hall–Kier alpha value is -3.60. The molecule has 1 unspecified atom stereocenters. The molecule has 0 saturated carbocycles. The topological polar surface area (TPSA) is 64.6 Å². The standard InChI is InChI=1S/C24H18F5NO4S/c25-17-18(26)20(28)22(21(29)19(17)27)34-23(31)16(13-35-12-15-9-5-2-6-10-15)30-24(32)33-11-14-7-3-1-4-8-14/h1-10,16H,11-13H2,(H,30,32). The summed E-state index contributed by atoms with van der Waals surface area (Å²) in [6, 6.07) is 16.1. The number of benzene rings is 3. The summed E-state index contributed by atoms with van der Waals surface area (Å²) in [5, 5.41) is 2.21. The molecule has 1 amide bonds. The van der Waals surface area contributed by atoms with E-state index in [1.165, 1.54) is 0 Å². The van der Waals surface area contributed by atoms with Crippen molar-refractivity contribution in [2.75, 3.05) is 5.75 Å². The van der Waals surface area contributed by atoms with Crippen LogP contribution in [0.1, 0.15) is 11.1 Å². The molecule has 0 bridgehead atoms. The van der Waals surface area contributed by atoms with Crippen molar-refractivity contribution in [3.8, 4) is 5.75 Å². The van der Waals surface area contributed by atoms with E-state index in [4.69, 9.17) is 4.74 Å². The Labute approximate surface area is 201 Å². The van der Waals surface area contributed by atoms with Crippen LogP contribution >= 0.6 is 11.8 Å². The molecule has 0 aromatic heterocycles. The molecule has 3 aromatic carbocycles. The molecule has 1 atom stereocenters. The van der Waals surface area contributed by atoms with Gasteiger partial charge in [-0.1, -0.05) is 60.7 Å². The van der Waals surface area contributed by atoms with Crippen molar-refractivity contribution >= 4 is 23.8 Å². The smallest absolute Gasteiger partial charge is 0.408 e. The second-order valence-corrected chi connectivity index (χ2v) is 8.11. The van der Waals surface area contributed by atoms with Crippen LogP contribution < -0.4 is 10.1 Å². The molecule has 0 aliphatic rings. The van der Waals surface area contributed by atoms with Crippen LogP contribution in [0.4, 0.5) is 26.7 Å². The second-order valence-electron chi connectivity index (χ2n) is 7.08. The van der Waals surface area contributed by atoms with Crippen LogP contribution in [-0.2, 0) is 21.9 Å². The molecule has 0 heterocycles. The van der Waals surface area contributed by atoms with Crippen LogP contribution in [0.3, 0.4) is 0 Å². The van der Waals surface area contributed by atoms with Gasteiger partial charge in [0.1, 0.15) is 12.6 Å². The molecule has 0 fully saturated rings. The monoisotopic (exact) mass is 511 g/mol. The number of carbonyl (C=O) groups is 2. The van der Waals surface area contributed by atoms with Crippen LogP contribution in [0.15, 0.2) is 60.7 Å². The van der Waals surface area contributed by atoms with Crippen molar-refractivity contribution in [1.29, 1.82) is 0 Å². The van der Waals surface area contributed by atoms with Crippen LogP contribution in [0.25, 0.3) is 0 Å². The van der Waals surface area contributed by atoms with Gasteiger partial charge < -0.3 is 14.8 Å². The number of hydrogen-bond donors (Lipinski definition) is 1. The minimum atomic E-state index is -2.39. The van der Waals surface area contributed by atoms with Gasteiger partial charge in [-0.2, -0.15) is 20.5 Å². The van der Waals surface area contributed by atoms with E-state index in [0.717, 1.165) is 17.3 Å². The lowest BCUT2D eigenvalue weighted by molar-refractivity contribution is -0.136. The Kier molecular flexibility index (Phi) is 9.07. The van der Waals surface area contributed by atoms with Crippen molar-refractivity contribution < 1.29 is 41.0 Å². The van der Waals surface area contributed by atoms with Crippen LogP contribution in [0.5, 0.6) is 5.75 Å². The molecule has 0 spiro atoms. The molecule has 11 heteroatoms. The van der Waals surface area contributed by atoms with Gasteiger partial charge in [0.25, 0.3) is 0 Å². The Morgan fingerprint density at radius 2 is 1.29 bits per heavy atom. The highest BCUT2D eigenvalue weighted by molar-refractivity contribution is 7.98. The summed E-state index contributed by atoms with van der Waals surface area (Å²) in [6.07, 6.45) is -1.05. The van der Waals surface area contributed by atoms with E-state index >= 15 is 0 Å². The molecular weight excluding hydrogens is 493 g/mol. The third-order valence-corrected chi connectivity index (χ3v) is 5.66. The first kappa shape index (κ1) is 26.0. The maximum atomic E-state index is 14.0. The summed E-state index contributed by atoms with van der Waals surface area (Å²) in [7, 11) is 0. The molecular formula is C24H18F5NO4S. The zero-order chi connectivity index (χ0) is 25.4. The number of thioether (sulfide) groups is 1. The van der Waals surface area contributed by atoms with Gasteiger partial charge in [-0.15, -0.1) is 0 Å². The van der Waals surface area contributed by atoms with Crippen molar-refractivity contribution in [1.82, 2.24) is 5.32 Å². The molecule has 3 aromatic rings. The van der Waals surface area contributed by atoms with Crippen molar-refractivity contribution in [3.05, 3.63) is 101 Å². The van der Waals surface area contributed by atoms with E-state index in [-0.39, 0.29) is 12.4 Å². The number of rotatable bonds is 9. The maximum Gasteiger partial charge on any atom is 0.408 e. The SMILES string of the molecule is O=C(NC(CSCc1ccccc1)C(=O)Oc1c(F)c(F)c(F)c(F)c1F)OCc1ccccc1. The van der Waals surface area contributed by atoms with Gasteiger partial charge >= 0.3 is 12.1 Å². The Bertz CT molecular complexity index is 1150. The molecule has 5 nitrogen and oxygen atoms in total. The van der Waals surface area contributed by atoms with E-state index in [1.807, 2.05) is 18.2 Å². The highest BCUT2D eigenvalue weighted by Gasteiger charge is 2.31.